The average molecular weight is 582 g/mol. The van der Waals surface area contributed by atoms with Crippen molar-refractivity contribution in [3.63, 3.8) is 0 Å². The third-order valence-electron chi connectivity index (χ3n) is 7.59. The summed E-state index contributed by atoms with van der Waals surface area (Å²) in [7, 11) is 0. The second-order valence-electron chi connectivity index (χ2n) is 9.76. The Balaban J connectivity index is 1.28. The van der Waals surface area contributed by atoms with Gasteiger partial charge >= 0.3 is 0 Å². The van der Waals surface area contributed by atoms with Gasteiger partial charge in [-0.15, -0.1) is 0 Å². The lowest BCUT2D eigenvalue weighted by Gasteiger charge is -2.15. The number of carbonyl (C=O) groups excluding carboxylic acids is 1. The van der Waals surface area contributed by atoms with Crippen LogP contribution in [0, 0.1) is 20.8 Å². The molecule has 0 aromatic heterocycles. The average Bonchev–Trinajstić information content (AvgIpc) is 3.49. The Hall–Kier alpha value is -2.61. The summed E-state index contributed by atoms with van der Waals surface area (Å²) < 4.78 is 13.1. The van der Waals surface area contributed by atoms with E-state index in [1.165, 1.54) is 23.6 Å². The van der Waals surface area contributed by atoms with E-state index < -0.39 is 0 Å². The van der Waals surface area contributed by atoms with Gasteiger partial charge in [-0.05, 0) is 87.7 Å². The number of rotatable bonds is 8. The highest BCUT2D eigenvalue weighted by Crippen LogP contribution is 2.66. The number of hydrogen-bond donors (Lipinski definition) is 1. The fourth-order valence-corrected chi connectivity index (χ4v) is 6.51. The minimum atomic E-state index is 0.0467. The number of fused-ring (bicyclic) bond motifs is 2. The van der Waals surface area contributed by atoms with Gasteiger partial charge in [-0.3, -0.25) is 4.79 Å². The van der Waals surface area contributed by atoms with Crippen LogP contribution in [-0.4, -0.2) is 18.7 Å². The fraction of sp³-hybridized carbons (Fsp3) is 0.379. The quantitative estimate of drug-likeness (QED) is 0.183. The minimum absolute atomic E-state index is 0.0467. The van der Waals surface area contributed by atoms with E-state index in [0.717, 1.165) is 33.3 Å². The summed E-state index contributed by atoms with van der Waals surface area (Å²) in [6.45, 7) is 5.18. The largest absolute Gasteiger partial charge is 0.490 e. The minimum Gasteiger partial charge on any atom is -0.490 e. The Morgan fingerprint density at radius 2 is 2.00 bits per heavy atom. The highest BCUT2D eigenvalue weighted by molar-refractivity contribution is 14.1. The number of ether oxygens (including phenoxy) is 2. The van der Waals surface area contributed by atoms with Gasteiger partial charge in [0.25, 0.3) is 0 Å². The van der Waals surface area contributed by atoms with E-state index in [9.17, 15) is 4.79 Å². The molecule has 0 aliphatic heterocycles. The molecule has 0 spiro atoms. The monoisotopic (exact) mass is 582 g/mol. The molecule has 5 nitrogen and oxygen atoms in total. The molecule has 2 saturated carbocycles. The lowest BCUT2D eigenvalue weighted by molar-refractivity contribution is -0.123. The van der Waals surface area contributed by atoms with Crippen molar-refractivity contribution in [3.8, 4) is 11.5 Å². The molecule has 1 N–H and O–H groups in total. The summed E-state index contributed by atoms with van der Waals surface area (Å²) in [6.07, 6.45) is 6.46. The van der Waals surface area contributed by atoms with Crippen LogP contribution < -0.4 is 14.9 Å². The molecule has 0 unspecified atom stereocenters. The summed E-state index contributed by atoms with van der Waals surface area (Å²) in [5.74, 6) is 2.07. The maximum atomic E-state index is 12.7. The number of benzene rings is 3. The van der Waals surface area contributed by atoms with Gasteiger partial charge in [0.05, 0.1) is 16.4 Å². The van der Waals surface area contributed by atoms with Gasteiger partial charge in [0.2, 0.25) is 5.91 Å². The van der Waals surface area contributed by atoms with E-state index >= 15 is 0 Å². The molecule has 1 amide bonds. The van der Waals surface area contributed by atoms with Crippen molar-refractivity contribution < 1.29 is 14.3 Å². The number of carbonyl (C=O) groups is 1. The number of amides is 1. The zero-order valence-corrected chi connectivity index (χ0v) is 22.4. The van der Waals surface area contributed by atoms with Crippen LogP contribution in [-0.2, 0) is 11.4 Å². The van der Waals surface area contributed by atoms with Gasteiger partial charge < -0.3 is 9.47 Å². The van der Waals surface area contributed by atoms with Crippen molar-refractivity contribution in [2.45, 2.75) is 46.1 Å². The van der Waals surface area contributed by atoms with E-state index in [1.807, 2.05) is 31.2 Å². The van der Waals surface area contributed by atoms with Crippen molar-refractivity contribution in [1.29, 1.82) is 0 Å². The van der Waals surface area contributed by atoms with Crippen molar-refractivity contribution in [2.24, 2.45) is 22.4 Å². The molecule has 35 heavy (non-hydrogen) atoms. The highest BCUT2D eigenvalue weighted by Gasteiger charge is 2.64. The fourth-order valence-electron chi connectivity index (χ4n) is 5.72. The second-order valence-corrected chi connectivity index (χ2v) is 10.9. The first-order valence-electron chi connectivity index (χ1n) is 12.4. The Morgan fingerprint density at radius 3 is 2.80 bits per heavy atom. The smallest absolute Gasteiger partial charge is 0.244 e. The maximum Gasteiger partial charge on any atom is 0.244 e. The molecule has 0 bridgehead atoms. The van der Waals surface area contributed by atoms with E-state index in [-0.39, 0.29) is 17.2 Å². The van der Waals surface area contributed by atoms with Gasteiger partial charge in [-0.1, -0.05) is 62.2 Å². The van der Waals surface area contributed by atoms with Crippen molar-refractivity contribution in [2.75, 3.05) is 6.61 Å². The maximum absolute atomic E-state index is 12.7. The Bertz CT molecular complexity index is 1270. The van der Waals surface area contributed by atoms with Crippen LogP contribution in [0.25, 0.3) is 10.8 Å². The van der Waals surface area contributed by atoms with Gasteiger partial charge in [-0.2, -0.15) is 5.10 Å². The van der Waals surface area contributed by atoms with Crippen LogP contribution in [0.2, 0.25) is 0 Å². The molecule has 3 aromatic carbocycles. The molecule has 182 valence electrons. The summed E-state index contributed by atoms with van der Waals surface area (Å²) >= 11 is 2.27. The van der Waals surface area contributed by atoms with E-state index in [0.29, 0.717) is 24.9 Å². The standard InChI is InChI=1S/C29H31IN2O3/c1-3-34-25-16-19(17-31-32-28(33)26-23-13-6-7-14-29(23,26)2)15-24(30)27(25)35-18-21-11-8-10-20-9-4-5-12-22(20)21/h4-5,8-12,15-17,23,26H,3,6-7,13-14,18H2,1-2H3,(H,32,33)/b31-17-/t23-,26-,29-/m0/s1. The van der Waals surface area contributed by atoms with Gasteiger partial charge in [0.1, 0.15) is 6.61 Å². The summed E-state index contributed by atoms with van der Waals surface area (Å²) in [6, 6.07) is 18.5. The predicted molar refractivity (Wildman–Crippen MR) is 148 cm³/mol. The number of hydrogen-bond acceptors (Lipinski definition) is 4. The first-order chi connectivity index (χ1) is 17.0. The first-order valence-corrected chi connectivity index (χ1v) is 13.5. The lowest BCUT2D eigenvalue weighted by Crippen LogP contribution is -2.22. The molecule has 2 aliphatic rings. The summed E-state index contributed by atoms with van der Waals surface area (Å²) in [5.41, 5.74) is 4.94. The number of hydrazone groups is 1. The van der Waals surface area contributed by atoms with Crippen molar-refractivity contribution in [1.82, 2.24) is 5.43 Å². The SMILES string of the molecule is CCOc1cc(/C=N\NC(=O)[C@@H]2[C@@H]3CCCC[C@]23C)cc(I)c1OCc1cccc2ccccc12. The third kappa shape index (κ3) is 4.90. The highest BCUT2D eigenvalue weighted by atomic mass is 127. The zero-order valence-electron chi connectivity index (χ0n) is 20.2. The van der Waals surface area contributed by atoms with Gasteiger partial charge in [-0.25, -0.2) is 5.43 Å². The van der Waals surface area contributed by atoms with Gasteiger partial charge in [0, 0.05) is 5.92 Å². The molecule has 3 aromatic rings. The first kappa shape index (κ1) is 24.1. The van der Waals surface area contributed by atoms with Gasteiger partial charge in [0.15, 0.2) is 11.5 Å². The predicted octanol–water partition coefficient (Wildman–Crippen LogP) is 6.70. The Kier molecular flexibility index (Phi) is 7.00. The van der Waals surface area contributed by atoms with Crippen LogP contribution in [0.1, 0.15) is 50.7 Å². The molecule has 2 fully saturated rings. The summed E-state index contributed by atoms with van der Waals surface area (Å²) in [4.78, 5) is 12.7. The molecule has 2 aliphatic carbocycles. The third-order valence-corrected chi connectivity index (χ3v) is 8.39. The van der Waals surface area contributed by atoms with Crippen LogP contribution in [0.4, 0.5) is 0 Å². The lowest BCUT2D eigenvalue weighted by atomic mass is 9.90. The number of nitrogens with one attached hydrogen (secondary N) is 1. The topological polar surface area (TPSA) is 59.9 Å². The van der Waals surface area contributed by atoms with Crippen molar-refractivity contribution in [3.05, 3.63) is 69.3 Å². The molecule has 0 heterocycles. The van der Waals surface area contributed by atoms with E-state index in [4.69, 9.17) is 9.47 Å². The summed E-state index contributed by atoms with van der Waals surface area (Å²) in [5, 5.41) is 6.65. The van der Waals surface area contributed by atoms with Crippen LogP contribution in [0.3, 0.4) is 0 Å². The van der Waals surface area contributed by atoms with E-state index in [1.54, 1.807) is 6.21 Å². The zero-order chi connectivity index (χ0) is 24.4. The molecular weight excluding hydrogens is 551 g/mol. The van der Waals surface area contributed by atoms with Crippen LogP contribution in [0.5, 0.6) is 11.5 Å². The van der Waals surface area contributed by atoms with E-state index in [2.05, 4.69) is 70.4 Å². The number of nitrogens with zero attached hydrogens (tertiary/aromatic N) is 1. The molecule has 0 radical (unpaired) electrons. The second kappa shape index (κ2) is 10.2. The van der Waals surface area contributed by atoms with Crippen LogP contribution in [0.15, 0.2) is 59.7 Å². The molecule has 5 rings (SSSR count). The molecule has 6 heteroatoms. The molecular formula is C29H31IN2O3. The number of halogens is 1. The Morgan fingerprint density at radius 1 is 1.17 bits per heavy atom. The molecule has 0 saturated heterocycles. The van der Waals surface area contributed by atoms with Crippen LogP contribution >= 0.6 is 22.6 Å². The molecule has 3 atom stereocenters. The Labute approximate surface area is 220 Å². The van der Waals surface area contributed by atoms with Crippen molar-refractivity contribution >= 4 is 45.5 Å². The normalized spacial score (nSPS) is 23.2.